The van der Waals surface area contributed by atoms with Gasteiger partial charge in [-0.1, -0.05) is 54.6 Å². The highest BCUT2D eigenvalue weighted by Gasteiger charge is 2.41. The second-order valence-electron chi connectivity index (χ2n) is 9.11. The Morgan fingerprint density at radius 1 is 1.03 bits per heavy atom. The number of aryl methyl sites for hydroxylation is 1. The first-order chi connectivity index (χ1) is 14.0. The highest BCUT2D eigenvalue weighted by atomic mass is 16.3. The molecule has 0 aromatic heterocycles. The van der Waals surface area contributed by atoms with Crippen LogP contribution in [0.25, 0.3) is 0 Å². The molecule has 0 bridgehead atoms. The van der Waals surface area contributed by atoms with Crippen LogP contribution < -0.4 is 5.32 Å². The molecule has 2 aromatic carbocycles. The Labute approximate surface area is 175 Å². The van der Waals surface area contributed by atoms with Crippen LogP contribution >= 0.6 is 0 Å². The normalized spacial score (nSPS) is 20.5. The zero-order valence-corrected chi connectivity index (χ0v) is 17.8. The zero-order valence-electron chi connectivity index (χ0n) is 17.8. The predicted molar refractivity (Wildman–Crippen MR) is 119 cm³/mol. The van der Waals surface area contributed by atoms with Gasteiger partial charge in [0, 0.05) is 19.1 Å². The second kappa shape index (κ2) is 8.97. The molecule has 1 unspecified atom stereocenters. The Morgan fingerprint density at radius 2 is 1.69 bits per heavy atom. The highest BCUT2D eigenvalue weighted by Crippen LogP contribution is 2.32. The van der Waals surface area contributed by atoms with Crippen molar-refractivity contribution >= 4 is 0 Å². The monoisotopic (exact) mass is 393 g/mol. The third-order valence-electron chi connectivity index (χ3n) is 6.44. The Balaban J connectivity index is 1.42. The van der Waals surface area contributed by atoms with Crippen molar-refractivity contribution in [2.75, 3.05) is 19.6 Å². The van der Waals surface area contributed by atoms with Crippen molar-refractivity contribution in [3.8, 4) is 0 Å². The van der Waals surface area contributed by atoms with E-state index < -0.39 is 0 Å². The molecule has 2 N–H and O–H groups in total. The summed E-state index contributed by atoms with van der Waals surface area (Å²) in [6.45, 7) is 7.24. The first-order valence-electron chi connectivity index (χ1n) is 11.1. The fourth-order valence-corrected chi connectivity index (χ4v) is 5.08. The fourth-order valence-electron chi connectivity index (χ4n) is 5.08. The lowest BCUT2D eigenvalue weighted by molar-refractivity contribution is -0.130. The molecule has 4 nitrogen and oxygen atoms in total. The molecular formula is C25H35N3O. The number of hydrogen-bond acceptors (Lipinski definition) is 4. The third-order valence-corrected chi connectivity index (χ3v) is 6.44. The molecule has 4 rings (SSSR count). The van der Waals surface area contributed by atoms with Crippen LogP contribution in [-0.4, -0.2) is 52.6 Å². The van der Waals surface area contributed by atoms with Gasteiger partial charge in [0.2, 0.25) is 0 Å². The molecule has 1 heterocycles. The molecule has 1 saturated heterocycles. The van der Waals surface area contributed by atoms with Crippen molar-refractivity contribution < 1.29 is 5.11 Å². The molecule has 0 saturated carbocycles. The van der Waals surface area contributed by atoms with Gasteiger partial charge in [0.15, 0.2) is 0 Å². The number of nitrogens with one attached hydrogen (secondary N) is 1. The topological polar surface area (TPSA) is 38.7 Å². The van der Waals surface area contributed by atoms with E-state index in [1.165, 1.54) is 16.7 Å². The van der Waals surface area contributed by atoms with E-state index in [1.807, 2.05) is 0 Å². The second-order valence-corrected chi connectivity index (χ2v) is 9.11. The molecule has 2 aromatic rings. The minimum Gasteiger partial charge on any atom is -0.392 e. The number of hydrazine groups is 1. The molecule has 1 aliphatic carbocycles. The van der Waals surface area contributed by atoms with E-state index in [-0.39, 0.29) is 11.8 Å². The largest absolute Gasteiger partial charge is 0.392 e. The van der Waals surface area contributed by atoms with Crippen molar-refractivity contribution in [2.24, 2.45) is 0 Å². The van der Waals surface area contributed by atoms with Crippen LogP contribution in [0.15, 0.2) is 54.6 Å². The van der Waals surface area contributed by atoms with Crippen molar-refractivity contribution in [3.05, 3.63) is 71.3 Å². The average Bonchev–Trinajstić information content (AvgIpc) is 3.32. The Morgan fingerprint density at radius 3 is 2.31 bits per heavy atom. The summed E-state index contributed by atoms with van der Waals surface area (Å²) in [5.41, 5.74) is 4.19. The summed E-state index contributed by atoms with van der Waals surface area (Å²) in [4.78, 5) is 0. The van der Waals surface area contributed by atoms with E-state index in [2.05, 4.69) is 83.8 Å². The molecule has 0 amide bonds. The van der Waals surface area contributed by atoms with Crippen LogP contribution in [-0.2, 0) is 19.3 Å². The minimum absolute atomic E-state index is 0.159. The van der Waals surface area contributed by atoms with Gasteiger partial charge in [-0.15, -0.1) is 0 Å². The predicted octanol–water partition coefficient (Wildman–Crippen LogP) is 3.40. The molecule has 156 valence electrons. The Kier molecular flexibility index (Phi) is 6.35. The smallest absolute Gasteiger partial charge is 0.0794 e. The maximum Gasteiger partial charge on any atom is 0.0794 e. The molecule has 0 radical (unpaired) electrons. The van der Waals surface area contributed by atoms with E-state index in [4.69, 9.17) is 0 Å². The summed E-state index contributed by atoms with van der Waals surface area (Å²) in [6, 6.07) is 20.0. The number of aliphatic hydroxyl groups is 1. The molecule has 1 atom stereocenters. The molecule has 1 aliphatic heterocycles. The maximum atomic E-state index is 10.2. The van der Waals surface area contributed by atoms with Gasteiger partial charge >= 0.3 is 0 Å². The molecule has 1 fully saturated rings. The summed E-state index contributed by atoms with van der Waals surface area (Å²) in [5, 5.41) is 19.0. The van der Waals surface area contributed by atoms with Crippen LogP contribution in [0.4, 0.5) is 0 Å². The summed E-state index contributed by atoms with van der Waals surface area (Å²) < 4.78 is 0. The number of benzene rings is 2. The Hall–Kier alpha value is -1.72. The van der Waals surface area contributed by atoms with Crippen molar-refractivity contribution in [1.29, 1.82) is 0 Å². The summed E-state index contributed by atoms with van der Waals surface area (Å²) in [5.74, 6) is 0. The molecule has 2 aliphatic rings. The first kappa shape index (κ1) is 20.5. The van der Waals surface area contributed by atoms with E-state index in [9.17, 15) is 5.11 Å². The number of β-amino-alcohol motifs (C(OH)–C–C–N with tert-alkyl or cyclic N) is 1. The SMILES string of the molecule is CC(C)(NCCCc1ccccc1)N(C1Cc2ccccc2C1)N1CCC(O)C1. The first-order valence-corrected chi connectivity index (χ1v) is 11.1. The quantitative estimate of drug-likeness (QED) is 0.533. The maximum absolute atomic E-state index is 10.2. The lowest BCUT2D eigenvalue weighted by atomic mass is 10.1. The van der Waals surface area contributed by atoms with E-state index in [0.29, 0.717) is 6.04 Å². The zero-order chi connectivity index (χ0) is 20.3. The van der Waals surface area contributed by atoms with E-state index in [1.54, 1.807) is 0 Å². The van der Waals surface area contributed by atoms with Gasteiger partial charge < -0.3 is 5.11 Å². The third kappa shape index (κ3) is 4.89. The lowest BCUT2D eigenvalue weighted by Crippen LogP contribution is -2.64. The van der Waals surface area contributed by atoms with Gasteiger partial charge in [-0.3, -0.25) is 5.32 Å². The van der Waals surface area contributed by atoms with Gasteiger partial charge in [0.25, 0.3) is 0 Å². The van der Waals surface area contributed by atoms with Gasteiger partial charge in [-0.2, -0.15) is 0 Å². The van der Waals surface area contributed by atoms with Crippen molar-refractivity contribution in [2.45, 2.75) is 63.8 Å². The average molecular weight is 394 g/mol. The number of fused-ring (bicyclic) bond motifs is 1. The number of nitrogens with zero attached hydrogens (tertiary/aromatic N) is 2. The fraction of sp³-hybridized carbons (Fsp3) is 0.520. The van der Waals surface area contributed by atoms with Crippen LogP contribution in [0.2, 0.25) is 0 Å². The number of hydrogen-bond donors (Lipinski definition) is 2. The van der Waals surface area contributed by atoms with Gasteiger partial charge in [0.05, 0.1) is 11.8 Å². The highest BCUT2D eigenvalue weighted by molar-refractivity contribution is 5.33. The van der Waals surface area contributed by atoms with Gasteiger partial charge in [-0.05, 0) is 69.2 Å². The van der Waals surface area contributed by atoms with Crippen LogP contribution in [0, 0.1) is 0 Å². The number of rotatable bonds is 8. The molecular weight excluding hydrogens is 358 g/mol. The standard InChI is InChI=1S/C25H35N3O/c1-25(2,26-15-8-11-20-9-4-3-5-10-20)28(27-16-14-24(29)19-27)23-17-21-12-6-7-13-22(21)18-23/h3-7,9-10,12-13,23-24,26,29H,8,11,14-19H2,1-2H3. The van der Waals surface area contributed by atoms with E-state index >= 15 is 0 Å². The summed E-state index contributed by atoms with van der Waals surface area (Å²) >= 11 is 0. The minimum atomic E-state index is -0.213. The Bertz CT molecular complexity index is 767. The molecule has 4 heteroatoms. The van der Waals surface area contributed by atoms with Gasteiger partial charge in [0.1, 0.15) is 0 Å². The van der Waals surface area contributed by atoms with Crippen LogP contribution in [0.1, 0.15) is 43.4 Å². The lowest BCUT2D eigenvalue weighted by Gasteiger charge is -2.48. The molecule has 0 spiro atoms. The van der Waals surface area contributed by atoms with Crippen molar-refractivity contribution in [3.63, 3.8) is 0 Å². The molecule has 29 heavy (non-hydrogen) atoms. The van der Waals surface area contributed by atoms with Crippen molar-refractivity contribution in [1.82, 2.24) is 15.3 Å². The number of aliphatic hydroxyl groups excluding tert-OH is 1. The summed E-state index contributed by atoms with van der Waals surface area (Å²) in [6.07, 6.45) is 5.03. The van der Waals surface area contributed by atoms with Crippen LogP contribution in [0.3, 0.4) is 0 Å². The summed E-state index contributed by atoms with van der Waals surface area (Å²) in [7, 11) is 0. The van der Waals surface area contributed by atoms with Crippen LogP contribution in [0.5, 0.6) is 0 Å². The van der Waals surface area contributed by atoms with Gasteiger partial charge in [-0.25, -0.2) is 10.0 Å². The van der Waals surface area contributed by atoms with E-state index in [0.717, 1.165) is 51.7 Å².